The summed E-state index contributed by atoms with van der Waals surface area (Å²) in [7, 11) is 3.47. The number of carbonyl (C=O) groups excluding carboxylic acids is 1. The Labute approximate surface area is 117 Å². The fraction of sp³-hybridized carbons (Fsp3) is 0.500. The number of allylic oxidation sites excluding steroid dienone is 1. The van der Waals surface area contributed by atoms with Crippen molar-refractivity contribution in [3.05, 3.63) is 18.5 Å². The Morgan fingerprint density at radius 3 is 2.78 bits per heavy atom. The van der Waals surface area contributed by atoms with Crippen LogP contribution in [0.2, 0.25) is 0 Å². The molecule has 1 rings (SSSR count). The summed E-state index contributed by atoms with van der Waals surface area (Å²) in [4.78, 5) is 11.2. The standard InChI is InChI=1S/C10H17N5OS.ClH/c1-4-5-15-8(6-11-2)13-14-10(15)17-7-9(16)12-3;/h4,11H,1,5-7H2,2-3H3,(H,12,16);1H. The summed E-state index contributed by atoms with van der Waals surface area (Å²) in [6, 6.07) is 0. The molecule has 0 aliphatic rings. The van der Waals surface area contributed by atoms with E-state index in [2.05, 4.69) is 27.4 Å². The minimum atomic E-state index is -0.0293. The lowest BCUT2D eigenvalue weighted by Crippen LogP contribution is -2.20. The molecular weight excluding hydrogens is 274 g/mol. The van der Waals surface area contributed by atoms with Gasteiger partial charge in [0.15, 0.2) is 5.16 Å². The number of aromatic nitrogens is 3. The van der Waals surface area contributed by atoms with Gasteiger partial charge < -0.3 is 15.2 Å². The van der Waals surface area contributed by atoms with Gasteiger partial charge in [0.1, 0.15) is 5.82 Å². The van der Waals surface area contributed by atoms with Crippen molar-refractivity contribution < 1.29 is 4.79 Å². The van der Waals surface area contributed by atoms with E-state index in [0.29, 0.717) is 18.8 Å². The predicted octanol–water partition coefficient (Wildman–Crippen LogP) is 0.443. The smallest absolute Gasteiger partial charge is 0.230 e. The molecule has 0 unspecified atom stereocenters. The molecule has 0 aliphatic heterocycles. The van der Waals surface area contributed by atoms with Crippen molar-refractivity contribution in [1.82, 2.24) is 25.4 Å². The maximum absolute atomic E-state index is 11.2. The van der Waals surface area contributed by atoms with E-state index in [0.717, 1.165) is 11.0 Å². The van der Waals surface area contributed by atoms with Gasteiger partial charge in [-0.1, -0.05) is 17.8 Å². The van der Waals surface area contributed by atoms with Crippen LogP contribution in [-0.2, 0) is 17.9 Å². The molecule has 0 aliphatic carbocycles. The minimum absolute atomic E-state index is 0. The topological polar surface area (TPSA) is 71.8 Å². The summed E-state index contributed by atoms with van der Waals surface area (Å²) in [5, 5.41) is 14.5. The van der Waals surface area contributed by atoms with E-state index >= 15 is 0 Å². The van der Waals surface area contributed by atoms with E-state index < -0.39 is 0 Å². The monoisotopic (exact) mass is 291 g/mol. The van der Waals surface area contributed by atoms with Gasteiger partial charge in [0, 0.05) is 13.6 Å². The van der Waals surface area contributed by atoms with E-state index in [1.54, 1.807) is 13.1 Å². The van der Waals surface area contributed by atoms with E-state index in [4.69, 9.17) is 0 Å². The quantitative estimate of drug-likeness (QED) is 0.563. The lowest BCUT2D eigenvalue weighted by Gasteiger charge is -2.06. The number of nitrogens with one attached hydrogen (secondary N) is 2. The van der Waals surface area contributed by atoms with Crippen molar-refractivity contribution in [2.75, 3.05) is 19.8 Å². The van der Waals surface area contributed by atoms with Crippen LogP contribution in [-0.4, -0.2) is 40.5 Å². The average molecular weight is 292 g/mol. The highest BCUT2D eigenvalue weighted by Gasteiger charge is 2.12. The normalized spacial score (nSPS) is 9.67. The molecule has 0 fully saturated rings. The highest BCUT2D eigenvalue weighted by Crippen LogP contribution is 2.16. The summed E-state index contributed by atoms with van der Waals surface area (Å²) in [5.41, 5.74) is 0. The molecule has 2 N–H and O–H groups in total. The van der Waals surface area contributed by atoms with Gasteiger partial charge in [-0.2, -0.15) is 0 Å². The Bertz CT molecular complexity index is 396. The SMILES string of the molecule is C=CCn1c(CNC)nnc1SCC(=O)NC.Cl. The van der Waals surface area contributed by atoms with Gasteiger partial charge in [-0.25, -0.2) is 0 Å². The Morgan fingerprint density at radius 1 is 1.50 bits per heavy atom. The van der Waals surface area contributed by atoms with Crippen molar-refractivity contribution in [3.63, 3.8) is 0 Å². The molecule has 0 spiro atoms. The number of amides is 1. The molecule has 0 saturated carbocycles. The number of hydrogen-bond acceptors (Lipinski definition) is 5. The van der Waals surface area contributed by atoms with Crippen LogP contribution in [0.1, 0.15) is 5.82 Å². The Balaban J connectivity index is 0.00000289. The third kappa shape index (κ3) is 4.67. The van der Waals surface area contributed by atoms with Gasteiger partial charge in [0.05, 0.1) is 12.3 Å². The third-order valence-corrected chi connectivity index (χ3v) is 3.02. The van der Waals surface area contributed by atoms with Crippen LogP contribution in [0, 0.1) is 0 Å². The highest BCUT2D eigenvalue weighted by molar-refractivity contribution is 7.99. The van der Waals surface area contributed by atoms with Crippen molar-refractivity contribution in [1.29, 1.82) is 0 Å². The van der Waals surface area contributed by atoms with E-state index in [-0.39, 0.29) is 18.3 Å². The first kappa shape index (κ1) is 16.9. The number of carbonyl (C=O) groups is 1. The zero-order valence-electron chi connectivity index (χ0n) is 10.5. The van der Waals surface area contributed by atoms with Crippen LogP contribution < -0.4 is 10.6 Å². The molecule has 6 nitrogen and oxygen atoms in total. The summed E-state index contributed by atoms with van der Waals surface area (Å²) in [6.45, 7) is 4.98. The highest BCUT2D eigenvalue weighted by atomic mass is 35.5. The van der Waals surface area contributed by atoms with Gasteiger partial charge in [0.25, 0.3) is 0 Å². The molecule has 0 atom stereocenters. The third-order valence-electron chi connectivity index (χ3n) is 2.05. The second kappa shape index (κ2) is 8.96. The maximum Gasteiger partial charge on any atom is 0.230 e. The van der Waals surface area contributed by atoms with Crippen LogP contribution in [0.25, 0.3) is 0 Å². The van der Waals surface area contributed by atoms with Gasteiger partial charge in [-0.05, 0) is 7.05 Å². The molecule has 1 heterocycles. The first-order valence-corrected chi connectivity index (χ1v) is 6.22. The number of thioether (sulfide) groups is 1. The second-order valence-corrected chi connectivity index (χ2v) is 4.23. The fourth-order valence-electron chi connectivity index (χ4n) is 1.23. The zero-order valence-corrected chi connectivity index (χ0v) is 12.1. The molecule has 0 aromatic carbocycles. The molecule has 8 heteroatoms. The van der Waals surface area contributed by atoms with Gasteiger partial charge in [-0.15, -0.1) is 29.2 Å². The maximum atomic E-state index is 11.2. The minimum Gasteiger partial charge on any atom is -0.358 e. The molecule has 1 amide bonds. The predicted molar refractivity (Wildman–Crippen MR) is 75.0 cm³/mol. The molecular formula is C10H18ClN5OS. The number of rotatable bonds is 7. The van der Waals surface area contributed by atoms with Crippen molar-refractivity contribution in [2.24, 2.45) is 0 Å². The van der Waals surface area contributed by atoms with E-state index in [1.807, 2.05) is 11.6 Å². The lowest BCUT2D eigenvalue weighted by molar-refractivity contribution is -0.118. The first-order chi connectivity index (χ1) is 8.22. The zero-order chi connectivity index (χ0) is 12.7. The van der Waals surface area contributed by atoms with E-state index in [1.165, 1.54) is 11.8 Å². The lowest BCUT2D eigenvalue weighted by atomic mass is 10.5. The molecule has 0 bridgehead atoms. The van der Waals surface area contributed by atoms with Crippen molar-refractivity contribution >= 4 is 30.1 Å². The van der Waals surface area contributed by atoms with Crippen LogP contribution in [0.4, 0.5) is 0 Å². The van der Waals surface area contributed by atoms with Crippen molar-refractivity contribution in [3.8, 4) is 0 Å². The molecule has 1 aromatic rings. The molecule has 18 heavy (non-hydrogen) atoms. The second-order valence-electron chi connectivity index (χ2n) is 3.29. The largest absolute Gasteiger partial charge is 0.358 e. The van der Waals surface area contributed by atoms with E-state index in [9.17, 15) is 4.79 Å². The van der Waals surface area contributed by atoms with Gasteiger partial charge in [-0.3, -0.25) is 4.79 Å². The van der Waals surface area contributed by atoms with Gasteiger partial charge in [0.2, 0.25) is 5.91 Å². The molecule has 0 radical (unpaired) electrons. The Kier molecular flexibility index (Phi) is 8.43. The molecule has 1 aromatic heterocycles. The molecule has 0 saturated heterocycles. The summed E-state index contributed by atoms with van der Waals surface area (Å²) >= 11 is 1.37. The summed E-state index contributed by atoms with van der Waals surface area (Å²) in [6.07, 6.45) is 1.78. The number of nitrogens with zero attached hydrogens (tertiary/aromatic N) is 3. The van der Waals surface area contributed by atoms with Crippen LogP contribution in [0.5, 0.6) is 0 Å². The first-order valence-electron chi connectivity index (χ1n) is 5.23. The number of halogens is 1. The Morgan fingerprint density at radius 2 is 2.22 bits per heavy atom. The Hall–Kier alpha value is -1.05. The van der Waals surface area contributed by atoms with Crippen LogP contribution in [0.15, 0.2) is 17.8 Å². The summed E-state index contributed by atoms with van der Waals surface area (Å²) < 4.78 is 1.94. The van der Waals surface area contributed by atoms with Crippen LogP contribution in [0.3, 0.4) is 0 Å². The average Bonchev–Trinajstić information content (AvgIpc) is 2.70. The fourth-order valence-corrected chi connectivity index (χ4v) is 2.07. The van der Waals surface area contributed by atoms with Crippen LogP contribution >= 0.6 is 24.2 Å². The molecule has 102 valence electrons. The number of hydrogen-bond donors (Lipinski definition) is 2. The van der Waals surface area contributed by atoms with Crippen molar-refractivity contribution in [2.45, 2.75) is 18.2 Å². The summed E-state index contributed by atoms with van der Waals surface area (Å²) in [5.74, 6) is 1.15. The van der Waals surface area contributed by atoms with Gasteiger partial charge >= 0.3 is 0 Å².